The number of halogens is 1. The number of benzene rings is 1. The molecule has 3 amide bonds. The van der Waals surface area contributed by atoms with Gasteiger partial charge in [-0.2, -0.15) is 0 Å². The van der Waals surface area contributed by atoms with E-state index < -0.39 is 6.04 Å². The van der Waals surface area contributed by atoms with Crippen LogP contribution < -0.4 is 4.90 Å². The molecular weight excluding hydrogens is 467 g/mol. The van der Waals surface area contributed by atoms with Crippen molar-refractivity contribution in [2.45, 2.75) is 77.8 Å². The molecule has 1 heterocycles. The molecule has 1 saturated heterocycles. The molecule has 28 heavy (non-hydrogen) atoms. The molecule has 0 radical (unpaired) electrons. The molecule has 0 spiro atoms. The van der Waals surface area contributed by atoms with Gasteiger partial charge in [0.05, 0.1) is 12.1 Å². The van der Waals surface area contributed by atoms with Gasteiger partial charge < -0.3 is 4.90 Å². The highest BCUT2D eigenvalue weighted by molar-refractivity contribution is 14.1. The van der Waals surface area contributed by atoms with E-state index in [9.17, 15) is 14.4 Å². The fourth-order valence-corrected chi connectivity index (χ4v) is 4.59. The van der Waals surface area contributed by atoms with Crippen LogP contribution in [0.15, 0.2) is 24.3 Å². The molecule has 2 aliphatic rings. The lowest BCUT2D eigenvalue weighted by molar-refractivity contribution is -0.143. The summed E-state index contributed by atoms with van der Waals surface area (Å²) in [7, 11) is 0. The van der Waals surface area contributed by atoms with E-state index in [-0.39, 0.29) is 35.6 Å². The first-order valence-electron chi connectivity index (χ1n) is 10.1. The molecule has 1 unspecified atom stereocenters. The number of rotatable bonds is 4. The molecule has 1 aliphatic carbocycles. The third-order valence-corrected chi connectivity index (χ3v) is 6.20. The average Bonchev–Trinajstić information content (AvgIpc) is 2.90. The Morgan fingerprint density at radius 2 is 1.71 bits per heavy atom. The Bertz CT molecular complexity index is 748. The van der Waals surface area contributed by atoms with Gasteiger partial charge in [0.1, 0.15) is 6.04 Å². The third-order valence-electron chi connectivity index (χ3n) is 5.48. The Balaban J connectivity index is 1.89. The second kappa shape index (κ2) is 8.51. The largest absolute Gasteiger partial charge is 0.327 e. The zero-order valence-electron chi connectivity index (χ0n) is 16.9. The first kappa shape index (κ1) is 21.3. The first-order valence-corrected chi connectivity index (χ1v) is 11.2. The molecule has 0 N–H and O–H groups in total. The Morgan fingerprint density at radius 3 is 2.29 bits per heavy atom. The van der Waals surface area contributed by atoms with Crippen molar-refractivity contribution < 1.29 is 14.4 Å². The number of hydrogen-bond donors (Lipinski definition) is 0. The van der Waals surface area contributed by atoms with Crippen LogP contribution in [0.5, 0.6) is 0 Å². The predicted molar refractivity (Wildman–Crippen MR) is 118 cm³/mol. The van der Waals surface area contributed by atoms with E-state index >= 15 is 0 Å². The predicted octanol–water partition coefficient (Wildman–Crippen LogP) is 4.52. The maximum absolute atomic E-state index is 13.3. The van der Waals surface area contributed by atoms with Crippen LogP contribution >= 0.6 is 22.6 Å². The van der Waals surface area contributed by atoms with Crippen molar-refractivity contribution in [3.05, 3.63) is 27.8 Å². The standard InChI is InChI=1S/C22H29IN2O3/c1-22(2,3)14-20(27)24(16-7-5-4-6-8-16)18-13-19(26)25(21(18)28)17-11-9-15(23)10-12-17/h9-12,16,18H,4-8,13-14H2,1-3H3. The minimum atomic E-state index is -0.676. The maximum Gasteiger partial charge on any atom is 0.257 e. The Hall–Kier alpha value is -1.44. The van der Waals surface area contributed by atoms with E-state index in [0.29, 0.717) is 12.1 Å². The minimum absolute atomic E-state index is 0.00462. The molecule has 152 valence electrons. The molecule has 1 aliphatic heterocycles. The molecule has 1 saturated carbocycles. The summed E-state index contributed by atoms with van der Waals surface area (Å²) in [5, 5.41) is 0. The second-order valence-electron chi connectivity index (χ2n) is 9.09. The van der Waals surface area contributed by atoms with Gasteiger partial charge in [-0.15, -0.1) is 0 Å². The van der Waals surface area contributed by atoms with E-state index in [1.54, 1.807) is 17.0 Å². The topological polar surface area (TPSA) is 57.7 Å². The summed E-state index contributed by atoms with van der Waals surface area (Å²) in [4.78, 5) is 42.3. The number of anilines is 1. The fraction of sp³-hybridized carbons (Fsp3) is 0.591. The SMILES string of the molecule is CC(C)(C)CC(=O)N(C1CCCCC1)C1CC(=O)N(c2ccc(I)cc2)C1=O. The smallest absolute Gasteiger partial charge is 0.257 e. The summed E-state index contributed by atoms with van der Waals surface area (Å²) in [5.41, 5.74) is 0.427. The summed E-state index contributed by atoms with van der Waals surface area (Å²) in [6, 6.07) is 6.73. The zero-order chi connectivity index (χ0) is 20.5. The van der Waals surface area contributed by atoms with Gasteiger partial charge in [0, 0.05) is 16.0 Å². The Morgan fingerprint density at radius 1 is 1.11 bits per heavy atom. The highest BCUT2D eigenvalue weighted by atomic mass is 127. The molecule has 5 nitrogen and oxygen atoms in total. The van der Waals surface area contributed by atoms with Crippen LogP contribution in [-0.4, -0.2) is 34.7 Å². The molecule has 1 atom stereocenters. The van der Waals surface area contributed by atoms with Crippen molar-refractivity contribution in [1.82, 2.24) is 4.90 Å². The van der Waals surface area contributed by atoms with Crippen LogP contribution in [0.4, 0.5) is 5.69 Å². The van der Waals surface area contributed by atoms with Crippen molar-refractivity contribution in [2.24, 2.45) is 5.41 Å². The van der Waals surface area contributed by atoms with Crippen molar-refractivity contribution in [1.29, 1.82) is 0 Å². The molecule has 1 aromatic rings. The van der Waals surface area contributed by atoms with Crippen molar-refractivity contribution in [3.8, 4) is 0 Å². The van der Waals surface area contributed by atoms with E-state index in [4.69, 9.17) is 0 Å². The van der Waals surface area contributed by atoms with Gasteiger partial charge in [-0.25, -0.2) is 4.90 Å². The normalized spacial score (nSPS) is 21.3. The number of carbonyl (C=O) groups is 3. The summed E-state index contributed by atoms with van der Waals surface area (Å²) in [5.74, 6) is -0.491. The Kier molecular flexibility index (Phi) is 6.47. The van der Waals surface area contributed by atoms with Crippen molar-refractivity contribution >= 4 is 46.0 Å². The van der Waals surface area contributed by atoms with Gasteiger partial charge in [-0.3, -0.25) is 14.4 Å². The van der Waals surface area contributed by atoms with Crippen molar-refractivity contribution in [3.63, 3.8) is 0 Å². The number of imide groups is 1. The van der Waals surface area contributed by atoms with Gasteiger partial charge in [0.2, 0.25) is 11.8 Å². The molecule has 0 aromatic heterocycles. The highest BCUT2D eigenvalue weighted by Crippen LogP contribution is 2.33. The van der Waals surface area contributed by atoms with E-state index in [2.05, 4.69) is 22.6 Å². The monoisotopic (exact) mass is 496 g/mol. The lowest BCUT2D eigenvalue weighted by atomic mass is 9.88. The molecule has 6 heteroatoms. The fourth-order valence-electron chi connectivity index (χ4n) is 4.23. The van der Waals surface area contributed by atoms with Crippen LogP contribution in [0.25, 0.3) is 0 Å². The molecular formula is C22H29IN2O3. The quantitative estimate of drug-likeness (QED) is 0.455. The van der Waals surface area contributed by atoms with Gasteiger partial charge in [0.25, 0.3) is 5.91 Å². The zero-order valence-corrected chi connectivity index (χ0v) is 19.1. The van der Waals surface area contributed by atoms with Crippen LogP contribution in [0.1, 0.15) is 65.7 Å². The molecule has 2 fully saturated rings. The van der Waals surface area contributed by atoms with Crippen molar-refractivity contribution in [2.75, 3.05) is 4.90 Å². The molecule has 3 rings (SSSR count). The lowest BCUT2D eigenvalue weighted by Crippen LogP contribution is -2.52. The summed E-state index contributed by atoms with van der Waals surface area (Å²) in [6.45, 7) is 6.09. The number of nitrogens with zero attached hydrogens (tertiary/aromatic N) is 2. The van der Waals surface area contributed by atoms with Crippen LogP contribution in [-0.2, 0) is 14.4 Å². The first-order chi connectivity index (χ1) is 13.2. The van der Waals surface area contributed by atoms with Gasteiger partial charge in [-0.1, -0.05) is 40.0 Å². The van der Waals surface area contributed by atoms with Gasteiger partial charge in [-0.05, 0) is 65.1 Å². The minimum Gasteiger partial charge on any atom is -0.327 e. The summed E-state index contributed by atoms with van der Waals surface area (Å²) < 4.78 is 1.04. The third kappa shape index (κ3) is 4.75. The second-order valence-corrected chi connectivity index (χ2v) is 10.3. The van der Waals surface area contributed by atoms with E-state index in [1.165, 1.54) is 11.3 Å². The number of hydrogen-bond acceptors (Lipinski definition) is 3. The Labute approximate surface area is 181 Å². The number of carbonyl (C=O) groups excluding carboxylic acids is 3. The van der Waals surface area contributed by atoms with E-state index in [0.717, 1.165) is 29.3 Å². The summed E-state index contributed by atoms with van der Waals surface area (Å²) >= 11 is 2.19. The lowest BCUT2D eigenvalue weighted by Gasteiger charge is -2.38. The molecule has 1 aromatic carbocycles. The van der Waals surface area contributed by atoms with Gasteiger partial charge >= 0.3 is 0 Å². The average molecular weight is 496 g/mol. The van der Waals surface area contributed by atoms with Crippen LogP contribution in [0.3, 0.4) is 0 Å². The maximum atomic E-state index is 13.3. The van der Waals surface area contributed by atoms with Gasteiger partial charge in [0.15, 0.2) is 0 Å². The van der Waals surface area contributed by atoms with Crippen LogP contribution in [0.2, 0.25) is 0 Å². The van der Waals surface area contributed by atoms with Crippen LogP contribution in [0, 0.1) is 8.99 Å². The molecule has 0 bridgehead atoms. The number of amides is 3. The van der Waals surface area contributed by atoms with E-state index in [1.807, 2.05) is 32.9 Å². The highest BCUT2D eigenvalue weighted by Gasteiger charge is 2.46. The summed E-state index contributed by atoms with van der Waals surface area (Å²) in [6.07, 6.45) is 5.60.